The standard InChI is InChI=1S/C31H31ClF3N5O5S/c1-16-12-25-22(14-38(16)29(42)19-6-11-24(32)23(13-19)31(33,34)35)27-30(43)39(15-26(28(41)36-3)40(27)37-25)17(2)18-4-7-20(8-5-18)46(44,45)21-9-10-21/h4-8,11,13,16-17,21,26H,9-10,12,14-15H2,1-3H3,(H,36,41)/t16-,17-,26+/m1/s1. The van der Waals surface area contributed by atoms with Crippen LogP contribution < -0.4 is 5.32 Å². The van der Waals surface area contributed by atoms with Crippen molar-refractivity contribution in [2.75, 3.05) is 13.6 Å². The zero-order chi connectivity index (χ0) is 33.3. The number of aromatic nitrogens is 2. The average molecular weight is 678 g/mol. The molecule has 6 rings (SSSR count). The molecule has 0 unspecified atom stereocenters. The predicted molar refractivity (Wildman–Crippen MR) is 161 cm³/mol. The Morgan fingerprint density at radius 2 is 1.78 bits per heavy atom. The summed E-state index contributed by atoms with van der Waals surface area (Å²) in [7, 11) is -1.93. The summed E-state index contributed by atoms with van der Waals surface area (Å²) in [6.07, 6.45) is -3.27. The summed E-state index contributed by atoms with van der Waals surface area (Å²) in [4.78, 5) is 44.0. The van der Waals surface area contributed by atoms with Gasteiger partial charge in [0.15, 0.2) is 9.84 Å². The van der Waals surface area contributed by atoms with E-state index in [1.807, 2.05) is 0 Å². The van der Waals surface area contributed by atoms with Crippen molar-refractivity contribution in [3.8, 4) is 0 Å². The fraction of sp³-hybridized carbons (Fsp3) is 0.419. The van der Waals surface area contributed by atoms with Crippen molar-refractivity contribution in [3.05, 3.63) is 81.1 Å². The van der Waals surface area contributed by atoms with Crippen molar-refractivity contribution in [1.82, 2.24) is 24.9 Å². The van der Waals surface area contributed by atoms with Gasteiger partial charge in [-0.3, -0.25) is 14.4 Å². The summed E-state index contributed by atoms with van der Waals surface area (Å²) in [5.74, 6) is -1.50. The van der Waals surface area contributed by atoms with E-state index in [0.29, 0.717) is 29.7 Å². The van der Waals surface area contributed by atoms with Gasteiger partial charge in [-0.2, -0.15) is 18.3 Å². The first-order valence-electron chi connectivity index (χ1n) is 14.8. The number of rotatable bonds is 6. The Hall–Kier alpha value is -3.91. The number of hydrogen-bond donors (Lipinski definition) is 1. The highest BCUT2D eigenvalue weighted by Crippen LogP contribution is 2.39. The Morgan fingerprint density at radius 3 is 2.39 bits per heavy atom. The molecule has 0 bridgehead atoms. The van der Waals surface area contributed by atoms with Crippen molar-refractivity contribution in [3.63, 3.8) is 0 Å². The first kappa shape index (κ1) is 32.0. The molecule has 3 heterocycles. The summed E-state index contributed by atoms with van der Waals surface area (Å²) in [5.41, 5.74) is 0.383. The first-order valence-corrected chi connectivity index (χ1v) is 16.7. The lowest BCUT2D eigenvalue weighted by Gasteiger charge is -2.38. The average Bonchev–Trinajstić information content (AvgIpc) is 3.82. The minimum absolute atomic E-state index is 0.0153. The summed E-state index contributed by atoms with van der Waals surface area (Å²) in [6.45, 7) is 3.38. The van der Waals surface area contributed by atoms with Crippen LogP contribution in [0.2, 0.25) is 5.02 Å². The van der Waals surface area contributed by atoms with Gasteiger partial charge in [0.2, 0.25) is 5.91 Å². The van der Waals surface area contributed by atoms with E-state index in [2.05, 4.69) is 10.4 Å². The van der Waals surface area contributed by atoms with Gasteiger partial charge in [-0.05, 0) is 62.6 Å². The zero-order valence-electron chi connectivity index (χ0n) is 25.1. The normalized spacial score (nSPS) is 20.6. The van der Waals surface area contributed by atoms with Gasteiger partial charge in [-0.1, -0.05) is 23.7 Å². The van der Waals surface area contributed by atoms with E-state index in [1.54, 1.807) is 26.0 Å². The van der Waals surface area contributed by atoms with Gasteiger partial charge in [0.05, 0.1) is 45.6 Å². The highest BCUT2D eigenvalue weighted by Gasteiger charge is 2.44. The number of nitrogens with zero attached hydrogens (tertiary/aromatic N) is 4. The molecule has 1 aromatic heterocycles. The summed E-state index contributed by atoms with van der Waals surface area (Å²) >= 11 is 5.77. The summed E-state index contributed by atoms with van der Waals surface area (Å²) in [6, 6.07) is 7.42. The Balaban J connectivity index is 1.34. The van der Waals surface area contributed by atoms with E-state index in [4.69, 9.17) is 11.6 Å². The Morgan fingerprint density at radius 1 is 1.11 bits per heavy atom. The van der Waals surface area contributed by atoms with Crippen molar-refractivity contribution < 1.29 is 36.0 Å². The van der Waals surface area contributed by atoms with Gasteiger partial charge >= 0.3 is 6.18 Å². The third-order valence-electron chi connectivity index (χ3n) is 9.02. The largest absolute Gasteiger partial charge is 0.417 e. The molecule has 0 spiro atoms. The summed E-state index contributed by atoms with van der Waals surface area (Å²) in [5, 5.41) is 6.36. The molecule has 2 aliphatic heterocycles. The van der Waals surface area contributed by atoms with Crippen LogP contribution in [0, 0.1) is 0 Å². The lowest BCUT2D eigenvalue weighted by Crippen LogP contribution is -2.49. The minimum atomic E-state index is -4.76. The van der Waals surface area contributed by atoms with E-state index in [-0.39, 0.29) is 40.9 Å². The van der Waals surface area contributed by atoms with Crippen LogP contribution in [0.25, 0.3) is 0 Å². The maximum absolute atomic E-state index is 14.2. The van der Waals surface area contributed by atoms with Gasteiger partial charge in [0.1, 0.15) is 11.7 Å². The zero-order valence-corrected chi connectivity index (χ0v) is 26.7. The Labute approximate surface area is 268 Å². The molecule has 3 atom stereocenters. The number of nitrogens with one attached hydrogen (secondary N) is 1. The van der Waals surface area contributed by atoms with Crippen molar-refractivity contribution in [2.24, 2.45) is 0 Å². The molecular weight excluding hydrogens is 647 g/mol. The number of likely N-dealkylation sites (N-methyl/N-ethyl adjacent to an activating group) is 1. The lowest BCUT2D eigenvalue weighted by molar-refractivity contribution is -0.137. The SMILES string of the molecule is CNC(=O)[C@@H]1CN([C@H](C)c2ccc(S(=O)(=O)C3CC3)cc2)C(=O)c2c3c(nn21)C[C@@H](C)N(C(=O)c1ccc(Cl)c(C(F)(F)F)c1)C3. The van der Waals surface area contributed by atoms with Gasteiger partial charge in [-0.25, -0.2) is 13.1 Å². The lowest BCUT2D eigenvalue weighted by atomic mass is 9.96. The van der Waals surface area contributed by atoms with E-state index >= 15 is 0 Å². The maximum atomic E-state index is 14.2. The van der Waals surface area contributed by atoms with E-state index < -0.39 is 62.4 Å². The van der Waals surface area contributed by atoms with Crippen molar-refractivity contribution in [2.45, 2.75) is 74.1 Å². The van der Waals surface area contributed by atoms with Crippen LogP contribution >= 0.6 is 11.6 Å². The molecule has 0 radical (unpaired) electrons. The van der Waals surface area contributed by atoms with Crippen LogP contribution in [-0.4, -0.2) is 70.6 Å². The second kappa shape index (κ2) is 11.4. The number of carbonyl (C=O) groups excluding carboxylic acids is 3. The molecule has 3 aromatic rings. The van der Waals surface area contributed by atoms with Gasteiger partial charge in [0, 0.05) is 30.6 Å². The first-order chi connectivity index (χ1) is 21.6. The molecule has 0 saturated heterocycles. The molecule has 1 fully saturated rings. The third kappa shape index (κ3) is 5.44. The number of benzene rings is 2. The highest BCUT2D eigenvalue weighted by atomic mass is 35.5. The second-order valence-corrected chi connectivity index (χ2v) is 14.6. The molecule has 46 heavy (non-hydrogen) atoms. The van der Waals surface area contributed by atoms with Crippen LogP contribution in [0.3, 0.4) is 0 Å². The van der Waals surface area contributed by atoms with Crippen LogP contribution in [-0.2, 0) is 33.8 Å². The van der Waals surface area contributed by atoms with Gasteiger partial charge in [-0.15, -0.1) is 0 Å². The van der Waals surface area contributed by atoms with E-state index in [1.165, 1.54) is 39.7 Å². The monoisotopic (exact) mass is 677 g/mol. The quantitative estimate of drug-likeness (QED) is 0.408. The highest BCUT2D eigenvalue weighted by molar-refractivity contribution is 7.92. The van der Waals surface area contributed by atoms with E-state index in [0.717, 1.165) is 12.1 Å². The molecule has 2 aromatic carbocycles. The molecule has 15 heteroatoms. The number of hydrogen-bond acceptors (Lipinski definition) is 6. The van der Waals surface area contributed by atoms with E-state index in [9.17, 15) is 36.0 Å². The number of carbonyl (C=O) groups is 3. The number of amides is 3. The minimum Gasteiger partial charge on any atom is -0.357 e. The molecule has 3 aliphatic rings. The molecule has 244 valence electrons. The van der Waals surface area contributed by atoms with Gasteiger partial charge < -0.3 is 15.1 Å². The predicted octanol–water partition coefficient (Wildman–Crippen LogP) is 4.58. The molecule has 1 aliphatic carbocycles. The van der Waals surface area contributed by atoms with Crippen LogP contribution in [0.5, 0.6) is 0 Å². The molecule has 1 saturated carbocycles. The van der Waals surface area contributed by atoms with Crippen LogP contribution in [0.1, 0.15) is 82.0 Å². The Bertz CT molecular complexity index is 1860. The summed E-state index contributed by atoms with van der Waals surface area (Å²) < 4.78 is 67.4. The fourth-order valence-electron chi connectivity index (χ4n) is 6.19. The smallest absolute Gasteiger partial charge is 0.357 e. The second-order valence-electron chi connectivity index (χ2n) is 12.0. The number of alkyl halides is 3. The Kier molecular flexibility index (Phi) is 7.95. The van der Waals surface area contributed by atoms with Crippen LogP contribution in [0.15, 0.2) is 47.4 Å². The molecule has 10 nitrogen and oxygen atoms in total. The molecular formula is C31H31ClF3N5O5S. The van der Waals surface area contributed by atoms with Crippen molar-refractivity contribution >= 4 is 39.2 Å². The third-order valence-corrected chi connectivity index (χ3v) is 11.6. The van der Waals surface area contributed by atoms with Crippen molar-refractivity contribution in [1.29, 1.82) is 0 Å². The maximum Gasteiger partial charge on any atom is 0.417 e. The number of halogens is 4. The number of fused-ring (bicyclic) bond motifs is 3. The van der Waals surface area contributed by atoms with Gasteiger partial charge in [0.25, 0.3) is 11.8 Å². The number of sulfone groups is 1. The topological polar surface area (TPSA) is 122 Å². The molecule has 3 amide bonds. The fourth-order valence-corrected chi connectivity index (χ4v) is 8.07. The van der Waals surface area contributed by atoms with Crippen LogP contribution in [0.4, 0.5) is 13.2 Å². The molecule has 1 N–H and O–H groups in total.